The second-order valence-corrected chi connectivity index (χ2v) is 7.09. The molecule has 2 aliphatic rings. The van der Waals surface area contributed by atoms with Crippen LogP contribution in [-0.4, -0.2) is 56.3 Å². The predicted octanol–water partition coefficient (Wildman–Crippen LogP) is 1.79. The van der Waals surface area contributed by atoms with Crippen LogP contribution in [0.5, 0.6) is 0 Å². The maximum atomic E-state index is 14.0. The fraction of sp³-hybridized carbons (Fsp3) is 0.316. The summed E-state index contributed by atoms with van der Waals surface area (Å²) in [6.07, 6.45) is 2.29. The Balaban J connectivity index is 1.46. The summed E-state index contributed by atoms with van der Waals surface area (Å²) in [4.78, 5) is 35.9. The molecule has 0 saturated heterocycles. The van der Waals surface area contributed by atoms with Gasteiger partial charge in [0.25, 0.3) is 11.8 Å². The highest BCUT2D eigenvalue weighted by atomic mass is 19.1. The van der Waals surface area contributed by atoms with Crippen LogP contribution in [-0.2, 0) is 19.5 Å². The van der Waals surface area contributed by atoms with Gasteiger partial charge >= 0.3 is 0 Å². The van der Waals surface area contributed by atoms with E-state index in [1.165, 1.54) is 6.07 Å². The van der Waals surface area contributed by atoms with E-state index in [1.807, 2.05) is 6.07 Å². The van der Waals surface area contributed by atoms with Gasteiger partial charge in [-0.1, -0.05) is 12.1 Å². The summed E-state index contributed by atoms with van der Waals surface area (Å²) in [5, 5.41) is 0.809. The summed E-state index contributed by atoms with van der Waals surface area (Å²) in [6.45, 7) is 2.15. The Hall–Kier alpha value is -3.16. The summed E-state index contributed by atoms with van der Waals surface area (Å²) >= 11 is 0. The van der Waals surface area contributed by atoms with Gasteiger partial charge in [-0.3, -0.25) is 9.59 Å². The lowest BCUT2D eigenvalue weighted by molar-refractivity contribution is 0.0729. The molecule has 27 heavy (non-hydrogen) atoms. The minimum Gasteiger partial charge on any atom is -0.356 e. The Kier molecular flexibility index (Phi) is 3.37. The van der Waals surface area contributed by atoms with Crippen LogP contribution in [0.15, 0.2) is 24.4 Å². The molecule has 4 heterocycles. The van der Waals surface area contributed by atoms with Crippen LogP contribution < -0.4 is 0 Å². The molecule has 5 rings (SSSR count). The average Bonchev–Trinajstić information content (AvgIpc) is 3.27. The van der Waals surface area contributed by atoms with Crippen LogP contribution in [0.4, 0.5) is 4.39 Å². The van der Waals surface area contributed by atoms with Crippen molar-refractivity contribution >= 4 is 22.7 Å². The topological polar surface area (TPSA) is 74.2 Å². The number of aromatic nitrogens is 3. The number of benzene rings is 1. The maximum absolute atomic E-state index is 14.0. The molecule has 8 heteroatoms. The number of hydrogen-bond acceptors (Lipinski definition) is 3. The quantitative estimate of drug-likeness (QED) is 0.713. The number of aromatic amines is 1. The Labute approximate surface area is 154 Å². The van der Waals surface area contributed by atoms with Crippen molar-refractivity contribution in [1.82, 2.24) is 24.3 Å². The highest BCUT2D eigenvalue weighted by Gasteiger charge is 2.30. The highest BCUT2D eigenvalue weighted by molar-refractivity contribution is 5.97. The minimum atomic E-state index is -0.288. The lowest BCUT2D eigenvalue weighted by Crippen LogP contribution is -2.37. The van der Waals surface area contributed by atoms with Crippen molar-refractivity contribution in [2.24, 2.45) is 0 Å². The molecular weight excluding hydrogens is 349 g/mol. The molecular formula is C19H18FN5O2. The van der Waals surface area contributed by atoms with Crippen molar-refractivity contribution in [2.75, 3.05) is 20.1 Å². The van der Waals surface area contributed by atoms with Gasteiger partial charge in [0.2, 0.25) is 0 Å². The van der Waals surface area contributed by atoms with E-state index in [0.717, 1.165) is 16.6 Å². The smallest absolute Gasteiger partial charge is 0.289 e. The van der Waals surface area contributed by atoms with E-state index in [1.54, 1.807) is 33.7 Å². The zero-order valence-corrected chi connectivity index (χ0v) is 14.8. The van der Waals surface area contributed by atoms with E-state index >= 15 is 0 Å². The van der Waals surface area contributed by atoms with Crippen molar-refractivity contribution < 1.29 is 14.0 Å². The molecule has 138 valence electrons. The average molecular weight is 367 g/mol. The third kappa shape index (κ3) is 2.36. The molecule has 0 aliphatic carbocycles. The monoisotopic (exact) mass is 367 g/mol. The first kappa shape index (κ1) is 16.0. The van der Waals surface area contributed by atoms with Crippen molar-refractivity contribution in [2.45, 2.75) is 19.5 Å². The second-order valence-electron chi connectivity index (χ2n) is 7.09. The molecule has 7 nitrogen and oxygen atoms in total. The molecule has 0 bridgehead atoms. The lowest BCUT2D eigenvalue weighted by atomic mass is 10.0. The first-order chi connectivity index (χ1) is 13.0. The zero-order chi connectivity index (χ0) is 18.7. The molecule has 2 aliphatic heterocycles. The number of para-hydroxylation sites is 1. The Morgan fingerprint density at radius 1 is 1.26 bits per heavy atom. The minimum absolute atomic E-state index is 0.173. The van der Waals surface area contributed by atoms with E-state index in [-0.39, 0.29) is 23.3 Å². The molecule has 0 spiro atoms. The van der Waals surface area contributed by atoms with Crippen LogP contribution in [0, 0.1) is 5.82 Å². The first-order valence-electron chi connectivity index (χ1n) is 8.93. The number of likely N-dealkylation sites (N-methyl/N-ethyl adjacent to an activating group) is 1. The molecule has 0 atom stereocenters. The number of nitrogens with zero attached hydrogens (tertiary/aromatic N) is 4. The summed E-state index contributed by atoms with van der Waals surface area (Å²) in [5.74, 6) is -0.361. The van der Waals surface area contributed by atoms with E-state index in [4.69, 9.17) is 0 Å². The van der Waals surface area contributed by atoms with Gasteiger partial charge in [-0.15, -0.1) is 0 Å². The molecule has 1 N–H and O–H groups in total. The molecule has 0 saturated carbocycles. The van der Waals surface area contributed by atoms with Gasteiger partial charge in [0, 0.05) is 62.5 Å². The number of carbonyl (C=O) groups is 2. The molecule has 0 radical (unpaired) electrons. The number of nitrogens with one attached hydrogen (secondary N) is 1. The number of halogens is 1. The number of rotatable bonds is 1. The summed E-state index contributed by atoms with van der Waals surface area (Å²) in [7, 11) is 1.73. The fourth-order valence-corrected chi connectivity index (χ4v) is 3.93. The molecule has 0 unspecified atom stereocenters. The third-order valence-electron chi connectivity index (χ3n) is 5.46. The molecule has 2 amide bonds. The second kappa shape index (κ2) is 5.67. The number of carbonyl (C=O) groups excluding carboxylic acids is 2. The van der Waals surface area contributed by atoms with Crippen LogP contribution in [0.3, 0.4) is 0 Å². The molecule has 2 aromatic heterocycles. The van der Waals surface area contributed by atoms with Crippen LogP contribution in [0.1, 0.15) is 32.4 Å². The van der Waals surface area contributed by atoms with Gasteiger partial charge in [0.05, 0.1) is 5.52 Å². The first-order valence-corrected chi connectivity index (χ1v) is 8.93. The zero-order valence-electron chi connectivity index (χ0n) is 14.8. The fourth-order valence-electron chi connectivity index (χ4n) is 3.93. The Morgan fingerprint density at radius 2 is 2.11 bits per heavy atom. The van der Waals surface area contributed by atoms with E-state index in [0.29, 0.717) is 43.9 Å². The normalized spacial score (nSPS) is 16.6. The summed E-state index contributed by atoms with van der Waals surface area (Å²) in [6, 6.07) is 4.97. The Morgan fingerprint density at radius 3 is 2.96 bits per heavy atom. The summed E-state index contributed by atoms with van der Waals surface area (Å²) < 4.78 is 15.8. The van der Waals surface area contributed by atoms with Gasteiger partial charge in [0.1, 0.15) is 11.5 Å². The molecule has 3 aromatic rings. The van der Waals surface area contributed by atoms with E-state index in [9.17, 15) is 14.0 Å². The van der Waals surface area contributed by atoms with Crippen molar-refractivity contribution in [1.29, 1.82) is 0 Å². The number of amides is 2. The number of fused-ring (bicyclic) bond motifs is 4. The van der Waals surface area contributed by atoms with Gasteiger partial charge < -0.3 is 19.4 Å². The molecule has 0 fully saturated rings. The van der Waals surface area contributed by atoms with Gasteiger partial charge in [-0.05, 0) is 6.07 Å². The Bertz CT molecular complexity index is 1100. The van der Waals surface area contributed by atoms with Crippen molar-refractivity contribution in [3.63, 3.8) is 0 Å². The standard InChI is InChI=1S/C19H18FN5O2/c1-23-7-8-24-10-15(22-17(24)19(23)27)18(26)25-6-5-14-12(9-25)11-3-2-4-13(20)16(11)21-14/h2-4,10,21H,5-9H2,1H3. The van der Waals surface area contributed by atoms with E-state index < -0.39 is 0 Å². The van der Waals surface area contributed by atoms with E-state index in [2.05, 4.69) is 9.97 Å². The van der Waals surface area contributed by atoms with Crippen LogP contribution >= 0.6 is 0 Å². The van der Waals surface area contributed by atoms with Crippen LogP contribution in [0.25, 0.3) is 10.9 Å². The SMILES string of the molecule is CN1CCn2cc(C(=O)N3CCc4[nH]c5c(F)cccc5c4C3)nc2C1=O. The highest BCUT2D eigenvalue weighted by Crippen LogP contribution is 2.29. The van der Waals surface area contributed by atoms with Gasteiger partial charge in [-0.25, -0.2) is 9.37 Å². The van der Waals surface area contributed by atoms with Crippen molar-refractivity contribution in [3.8, 4) is 0 Å². The predicted molar refractivity (Wildman–Crippen MR) is 95.9 cm³/mol. The van der Waals surface area contributed by atoms with Crippen LogP contribution in [0.2, 0.25) is 0 Å². The van der Waals surface area contributed by atoms with Gasteiger partial charge in [-0.2, -0.15) is 0 Å². The molecule has 1 aromatic carbocycles. The lowest BCUT2D eigenvalue weighted by Gasteiger charge is -2.26. The summed E-state index contributed by atoms with van der Waals surface area (Å²) in [5.41, 5.74) is 2.69. The number of H-pyrrole nitrogens is 1. The van der Waals surface area contributed by atoms with Gasteiger partial charge in [0.15, 0.2) is 5.82 Å². The number of hydrogen-bond donors (Lipinski definition) is 1. The third-order valence-corrected chi connectivity index (χ3v) is 5.46. The van der Waals surface area contributed by atoms with Crippen molar-refractivity contribution in [3.05, 3.63) is 53.0 Å². The largest absolute Gasteiger partial charge is 0.356 e. The number of imidazole rings is 1. The maximum Gasteiger partial charge on any atom is 0.289 e.